The van der Waals surface area contributed by atoms with Gasteiger partial charge in [0.1, 0.15) is 0 Å². The van der Waals surface area contributed by atoms with Crippen LogP contribution in [0, 0.1) is 0 Å². The first-order valence-corrected chi connectivity index (χ1v) is 9.10. The minimum atomic E-state index is -0.241. The Labute approximate surface area is 151 Å². The number of nitrogens with one attached hydrogen (secondary N) is 1. The summed E-state index contributed by atoms with van der Waals surface area (Å²) in [5.41, 5.74) is 9.37. The minimum Gasteiger partial charge on any atom is -0.468 e. The molecule has 6 heteroatoms. The number of methoxy groups -OCH3 is 1. The summed E-state index contributed by atoms with van der Waals surface area (Å²) in [7, 11) is 1.38. The normalized spacial score (nSPS) is 10.3. The molecule has 2 rings (SSSR count). The van der Waals surface area contributed by atoms with E-state index in [9.17, 15) is 9.59 Å². The summed E-state index contributed by atoms with van der Waals surface area (Å²) in [4.78, 5) is 23.3. The SMILES string of the molecule is COC(=O)CSCc1cccc(NC(=O)CCc2ccccc2N)c1. The number of hydrogen-bond acceptors (Lipinski definition) is 5. The van der Waals surface area contributed by atoms with E-state index >= 15 is 0 Å². The van der Waals surface area contributed by atoms with E-state index in [-0.39, 0.29) is 11.9 Å². The first-order valence-electron chi connectivity index (χ1n) is 7.95. The van der Waals surface area contributed by atoms with Gasteiger partial charge in [-0.05, 0) is 35.7 Å². The molecule has 0 unspecified atom stereocenters. The lowest BCUT2D eigenvalue weighted by Gasteiger charge is -2.08. The molecular weight excluding hydrogens is 336 g/mol. The summed E-state index contributed by atoms with van der Waals surface area (Å²) >= 11 is 1.47. The number of nitrogen functional groups attached to an aromatic ring is 1. The van der Waals surface area contributed by atoms with E-state index in [0.29, 0.717) is 30.0 Å². The van der Waals surface area contributed by atoms with Gasteiger partial charge < -0.3 is 15.8 Å². The highest BCUT2D eigenvalue weighted by atomic mass is 32.2. The van der Waals surface area contributed by atoms with Crippen molar-refractivity contribution in [1.29, 1.82) is 0 Å². The van der Waals surface area contributed by atoms with Crippen LogP contribution in [0.25, 0.3) is 0 Å². The van der Waals surface area contributed by atoms with Crippen molar-refractivity contribution in [1.82, 2.24) is 0 Å². The summed E-state index contributed by atoms with van der Waals surface area (Å²) in [6, 6.07) is 15.2. The maximum atomic E-state index is 12.1. The molecule has 0 aliphatic heterocycles. The van der Waals surface area contributed by atoms with Gasteiger partial charge in [-0.25, -0.2) is 0 Å². The quantitative estimate of drug-likeness (QED) is 0.559. The van der Waals surface area contributed by atoms with Gasteiger partial charge in [-0.2, -0.15) is 0 Å². The number of para-hydroxylation sites is 1. The van der Waals surface area contributed by atoms with Gasteiger partial charge in [-0.3, -0.25) is 9.59 Å². The fourth-order valence-electron chi connectivity index (χ4n) is 2.28. The molecule has 0 spiro atoms. The molecule has 0 aromatic heterocycles. The molecule has 5 nitrogen and oxygen atoms in total. The molecule has 0 aliphatic carbocycles. The highest BCUT2D eigenvalue weighted by molar-refractivity contribution is 7.99. The van der Waals surface area contributed by atoms with Gasteiger partial charge in [-0.15, -0.1) is 11.8 Å². The van der Waals surface area contributed by atoms with E-state index in [1.54, 1.807) is 0 Å². The number of anilines is 2. The largest absolute Gasteiger partial charge is 0.468 e. The highest BCUT2D eigenvalue weighted by Gasteiger charge is 2.06. The predicted octanol–water partition coefficient (Wildman–Crippen LogP) is 3.25. The van der Waals surface area contributed by atoms with Crippen molar-refractivity contribution in [2.24, 2.45) is 0 Å². The van der Waals surface area contributed by atoms with Crippen LogP contribution in [0.5, 0.6) is 0 Å². The molecule has 0 fully saturated rings. The molecule has 2 aromatic carbocycles. The van der Waals surface area contributed by atoms with Crippen LogP contribution >= 0.6 is 11.8 Å². The third-order valence-corrected chi connectivity index (χ3v) is 4.58. The van der Waals surface area contributed by atoms with Crippen LogP contribution in [0.15, 0.2) is 48.5 Å². The lowest BCUT2D eigenvalue weighted by Crippen LogP contribution is -2.13. The second kappa shape index (κ2) is 9.74. The molecule has 0 aliphatic rings. The first kappa shape index (κ1) is 18.9. The summed E-state index contributed by atoms with van der Waals surface area (Å²) in [5.74, 6) is 0.697. The summed E-state index contributed by atoms with van der Waals surface area (Å²) in [6.45, 7) is 0. The van der Waals surface area contributed by atoms with E-state index in [2.05, 4.69) is 10.1 Å². The fourth-order valence-corrected chi connectivity index (χ4v) is 3.09. The summed E-state index contributed by atoms with van der Waals surface area (Å²) in [5, 5.41) is 2.90. The maximum Gasteiger partial charge on any atom is 0.315 e. The zero-order valence-electron chi connectivity index (χ0n) is 14.2. The number of carbonyl (C=O) groups is 2. The Bertz CT molecular complexity index is 734. The van der Waals surface area contributed by atoms with E-state index < -0.39 is 0 Å². The van der Waals surface area contributed by atoms with Crippen molar-refractivity contribution < 1.29 is 14.3 Å². The van der Waals surface area contributed by atoms with E-state index in [0.717, 1.165) is 16.8 Å². The number of carbonyl (C=O) groups excluding carboxylic acids is 2. The average molecular weight is 358 g/mol. The molecule has 2 aromatic rings. The molecule has 0 bridgehead atoms. The van der Waals surface area contributed by atoms with Crippen molar-refractivity contribution in [3.63, 3.8) is 0 Å². The molecule has 0 saturated heterocycles. The Balaban J connectivity index is 1.83. The molecule has 1 amide bonds. The monoisotopic (exact) mass is 358 g/mol. The Morgan fingerprint density at radius 1 is 1.16 bits per heavy atom. The number of ether oxygens (including phenoxy) is 1. The zero-order valence-corrected chi connectivity index (χ0v) is 15.0. The third kappa shape index (κ3) is 6.51. The lowest BCUT2D eigenvalue weighted by molar-refractivity contribution is -0.137. The van der Waals surface area contributed by atoms with Crippen molar-refractivity contribution in [3.8, 4) is 0 Å². The van der Waals surface area contributed by atoms with Crippen LogP contribution in [0.4, 0.5) is 11.4 Å². The van der Waals surface area contributed by atoms with Gasteiger partial charge in [0, 0.05) is 23.5 Å². The van der Waals surface area contributed by atoms with Crippen molar-refractivity contribution in [2.75, 3.05) is 23.9 Å². The third-order valence-electron chi connectivity index (χ3n) is 3.60. The van der Waals surface area contributed by atoms with Crippen molar-refractivity contribution >= 4 is 35.0 Å². The highest BCUT2D eigenvalue weighted by Crippen LogP contribution is 2.18. The topological polar surface area (TPSA) is 81.4 Å². The molecule has 25 heavy (non-hydrogen) atoms. The van der Waals surface area contributed by atoms with Gasteiger partial charge in [0.2, 0.25) is 5.91 Å². The summed E-state index contributed by atoms with van der Waals surface area (Å²) < 4.78 is 4.61. The lowest BCUT2D eigenvalue weighted by atomic mass is 10.1. The van der Waals surface area contributed by atoms with Crippen molar-refractivity contribution in [2.45, 2.75) is 18.6 Å². The molecule has 3 N–H and O–H groups in total. The number of rotatable bonds is 8. The number of nitrogens with two attached hydrogens (primary N) is 1. The molecule has 0 saturated carbocycles. The van der Waals surface area contributed by atoms with Crippen LogP contribution in [0.1, 0.15) is 17.5 Å². The molecular formula is C19H22N2O3S. The number of benzene rings is 2. The molecule has 0 atom stereocenters. The standard InChI is InChI=1S/C19H22N2O3S/c1-24-19(23)13-25-12-14-5-4-7-16(11-14)21-18(22)10-9-15-6-2-3-8-17(15)20/h2-8,11H,9-10,12-13,20H2,1H3,(H,21,22). The minimum absolute atomic E-state index is 0.0531. The van der Waals surface area contributed by atoms with Gasteiger partial charge in [0.05, 0.1) is 12.9 Å². The first-order chi connectivity index (χ1) is 12.1. The van der Waals surface area contributed by atoms with Gasteiger partial charge in [0.25, 0.3) is 0 Å². The Hall–Kier alpha value is -2.47. The van der Waals surface area contributed by atoms with Crippen LogP contribution in [-0.2, 0) is 26.5 Å². The fraction of sp³-hybridized carbons (Fsp3) is 0.263. The number of esters is 1. The Morgan fingerprint density at radius 3 is 2.72 bits per heavy atom. The van der Waals surface area contributed by atoms with E-state index in [1.807, 2.05) is 48.5 Å². The number of aryl methyl sites for hydroxylation is 1. The van der Waals surface area contributed by atoms with Crippen LogP contribution < -0.4 is 11.1 Å². The Kier molecular flexibility index (Phi) is 7.35. The molecule has 0 heterocycles. The summed E-state index contributed by atoms with van der Waals surface area (Å²) in [6.07, 6.45) is 0.975. The van der Waals surface area contributed by atoms with Gasteiger partial charge in [-0.1, -0.05) is 30.3 Å². The van der Waals surface area contributed by atoms with E-state index in [1.165, 1.54) is 18.9 Å². The van der Waals surface area contributed by atoms with Crippen molar-refractivity contribution in [3.05, 3.63) is 59.7 Å². The van der Waals surface area contributed by atoms with Gasteiger partial charge in [0.15, 0.2) is 0 Å². The maximum absolute atomic E-state index is 12.1. The second-order valence-corrected chi connectivity index (χ2v) is 6.50. The zero-order chi connectivity index (χ0) is 18.1. The molecule has 132 valence electrons. The predicted molar refractivity (Wildman–Crippen MR) is 102 cm³/mol. The van der Waals surface area contributed by atoms with Crippen LogP contribution in [0.2, 0.25) is 0 Å². The number of hydrogen-bond donors (Lipinski definition) is 2. The van der Waals surface area contributed by atoms with E-state index in [4.69, 9.17) is 5.73 Å². The smallest absolute Gasteiger partial charge is 0.315 e. The van der Waals surface area contributed by atoms with Crippen LogP contribution in [0.3, 0.4) is 0 Å². The average Bonchev–Trinajstić information content (AvgIpc) is 2.61. The van der Waals surface area contributed by atoms with Gasteiger partial charge >= 0.3 is 5.97 Å². The number of thioether (sulfide) groups is 1. The second-order valence-electron chi connectivity index (χ2n) is 5.52. The molecule has 0 radical (unpaired) electrons. The Morgan fingerprint density at radius 2 is 1.96 bits per heavy atom. The number of amides is 1. The van der Waals surface area contributed by atoms with Crippen LogP contribution in [-0.4, -0.2) is 24.7 Å².